The number of carbonyl (C=O) groups excluding carboxylic acids is 1. The Hall–Kier alpha value is -3.92. The molecule has 4 rings (SSSR count). The molecule has 36 heavy (non-hydrogen) atoms. The average Bonchev–Trinajstić information content (AvgIpc) is 2.93. The van der Waals surface area contributed by atoms with Gasteiger partial charge in [0.2, 0.25) is 0 Å². The van der Waals surface area contributed by atoms with E-state index in [4.69, 9.17) is 14.7 Å². The second-order valence-corrected chi connectivity index (χ2v) is 8.96. The van der Waals surface area contributed by atoms with Crippen LogP contribution in [0.3, 0.4) is 0 Å². The Labute approximate surface area is 213 Å². The molecule has 1 unspecified atom stereocenters. The fourth-order valence-corrected chi connectivity index (χ4v) is 4.28. The maximum absolute atomic E-state index is 12.9. The lowest BCUT2D eigenvalue weighted by atomic mass is 10.1. The average molecular weight is 484 g/mol. The Balaban J connectivity index is 1.51. The number of hydrogen-bond acceptors (Lipinski definition) is 7. The number of hydrogen-bond donors (Lipinski definition) is 0. The van der Waals surface area contributed by atoms with E-state index in [2.05, 4.69) is 47.2 Å². The number of ether oxygens (including phenoxy) is 1. The van der Waals surface area contributed by atoms with Crippen molar-refractivity contribution in [2.45, 2.75) is 38.5 Å². The number of nitrogens with zero attached hydrogens (tertiary/aromatic N) is 5. The summed E-state index contributed by atoms with van der Waals surface area (Å²) in [6.07, 6.45) is 8.25. The summed E-state index contributed by atoms with van der Waals surface area (Å²) >= 11 is 0. The fraction of sp³-hybridized carbons (Fsp3) is 0.379. The summed E-state index contributed by atoms with van der Waals surface area (Å²) in [5.74, 6) is -1.07. The summed E-state index contributed by atoms with van der Waals surface area (Å²) in [4.78, 5) is 26.9. The normalized spacial score (nSPS) is 14.7. The first-order valence-electron chi connectivity index (χ1n) is 12.7. The van der Waals surface area contributed by atoms with Crippen LogP contribution in [-0.2, 0) is 9.53 Å². The van der Waals surface area contributed by atoms with Gasteiger partial charge in [0.1, 0.15) is 5.69 Å². The summed E-state index contributed by atoms with van der Waals surface area (Å²) in [6.45, 7) is 5.48. The van der Waals surface area contributed by atoms with Crippen LogP contribution in [0.2, 0.25) is 0 Å². The Bertz CT molecular complexity index is 1210. The molecule has 1 aromatic heterocycles. The van der Waals surface area contributed by atoms with Crippen LogP contribution in [0, 0.1) is 11.3 Å². The first kappa shape index (κ1) is 25.2. The second kappa shape index (κ2) is 12.7. The monoisotopic (exact) mass is 483 g/mol. The summed E-state index contributed by atoms with van der Waals surface area (Å²) in [7, 11) is 0. The lowest BCUT2D eigenvalue weighted by Crippen LogP contribution is -2.45. The molecule has 0 spiro atoms. The second-order valence-electron chi connectivity index (χ2n) is 8.96. The van der Waals surface area contributed by atoms with Crippen molar-refractivity contribution in [3.05, 3.63) is 72.1 Å². The van der Waals surface area contributed by atoms with Gasteiger partial charge in [0.25, 0.3) is 0 Å². The lowest BCUT2D eigenvalue weighted by Gasteiger charge is -2.35. The van der Waals surface area contributed by atoms with Crippen LogP contribution in [0.1, 0.15) is 49.8 Å². The van der Waals surface area contributed by atoms with Gasteiger partial charge < -0.3 is 14.5 Å². The molecule has 0 radical (unpaired) electrons. The van der Waals surface area contributed by atoms with E-state index in [1.165, 1.54) is 0 Å². The van der Waals surface area contributed by atoms with Crippen LogP contribution in [0.4, 0.5) is 5.82 Å². The topological polar surface area (TPSA) is 82.3 Å². The third-order valence-corrected chi connectivity index (χ3v) is 6.35. The number of anilines is 1. The highest BCUT2D eigenvalue weighted by Crippen LogP contribution is 2.29. The van der Waals surface area contributed by atoms with E-state index in [9.17, 15) is 10.1 Å². The first-order valence-corrected chi connectivity index (χ1v) is 12.7. The predicted molar refractivity (Wildman–Crippen MR) is 142 cm³/mol. The van der Waals surface area contributed by atoms with E-state index in [-0.39, 0.29) is 0 Å². The molecule has 2 aromatic carbocycles. The largest absolute Gasteiger partial charge is 0.464 e. The summed E-state index contributed by atoms with van der Waals surface area (Å²) in [5.41, 5.74) is 2.94. The minimum absolute atomic E-state index is 0.319. The van der Waals surface area contributed by atoms with Crippen LogP contribution in [0.5, 0.6) is 0 Å². The number of carbonyl (C=O) groups is 1. The highest BCUT2D eigenvalue weighted by Gasteiger charge is 2.31. The third kappa shape index (κ3) is 6.39. The van der Waals surface area contributed by atoms with Crippen molar-refractivity contribution in [3.63, 3.8) is 0 Å². The van der Waals surface area contributed by atoms with Crippen molar-refractivity contribution in [1.29, 1.82) is 5.26 Å². The van der Waals surface area contributed by atoms with Gasteiger partial charge >= 0.3 is 5.97 Å². The van der Waals surface area contributed by atoms with Gasteiger partial charge in [-0.25, -0.2) is 9.97 Å². The zero-order valence-corrected chi connectivity index (χ0v) is 20.8. The van der Waals surface area contributed by atoms with Gasteiger partial charge in [0.05, 0.1) is 23.7 Å². The van der Waals surface area contributed by atoms with Crippen LogP contribution in [-0.4, -0.2) is 53.6 Å². The lowest BCUT2D eigenvalue weighted by molar-refractivity contribution is -0.144. The van der Waals surface area contributed by atoms with E-state index in [0.717, 1.165) is 49.9 Å². The molecule has 0 N–H and O–H groups in total. The van der Waals surface area contributed by atoms with Gasteiger partial charge in [-0.05, 0) is 36.4 Å². The van der Waals surface area contributed by atoms with E-state index in [0.29, 0.717) is 36.7 Å². The molecule has 186 valence electrons. The molecule has 1 aliphatic rings. The molecular weight excluding hydrogens is 450 g/mol. The van der Waals surface area contributed by atoms with Crippen LogP contribution < -0.4 is 4.90 Å². The standard InChI is InChI=1S/C29H33N5O2/c1-2-3-4-10-21-36-29(35)24(22-30)27-28(32-26-14-9-8-13-25(26)31-27)34-19-17-33(18-20-34)16-15-23-11-6-5-7-12-23/h5-9,11-16,24H,2-4,10,17-21H2,1H3/b16-15+. The first-order chi connectivity index (χ1) is 17.7. The molecule has 0 aliphatic carbocycles. The summed E-state index contributed by atoms with van der Waals surface area (Å²) in [6, 6.07) is 19.9. The van der Waals surface area contributed by atoms with E-state index >= 15 is 0 Å². The quantitative estimate of drug-likeness (QED) is 0.291. The highest BCUT2D eigenvalue weighted by atomic mass is 16.5. The zero-order chi connectivity index (χ0) is 25.2. The van der Waals surface area contributed by atoms with Gasteiger partial charge in [-0.1, -0.05) is 68.7 Å². The Morgan fingerprint density at radius 3 is 2.39 bits per heavy atom. The number of esters is 1. The Morgan fingerprint density at radius 2 is 1.69 bits per heavy atom. The maximum Gasteiger partial charge on any atom is 0.329 e. The molecule has 0 amide bonds. The molecule has 1 saturated heterocycles. The summed E-state index contributed by atoms with van der Waals surface area (Å²) < 4.78 is 5.48. The van der Waals surface area contributed by atoms with E-state index in [1.807, 2.05) is 42.5 Å². The molecule has 7 heteroatoms. The fourth-order valence-electron chi connectivity index (χ4n) is 4.28. The molecule has 0 bridgehead atoms. The SMILES string of the molecule is CCCCCCOC(=O)C(C#N)c1nc2ccccc2nc1N1CCN(/C=C/c2ccccc2)CC1. The van der Waals surface area contributed by atoms with Gasteiger partial charge in [-0.15, -0.1) is 0 Å². The van der Waals surface area contributed by atoms with Crippen LogP contribution in [0.25, 0.3) is 17.1 Å². The van der Waals surface area contributed by atoms with Crippen LogP contribution in [0.15, 0.2) is 60.8 Å². The minimum Gasteiger partial charge on any atom is -0.464 e. The van der Waals surface area contributed by atoms with Gasteiger partial charge in [-0.2, -0.15) is 5.26 Å². The van der Waals surface area contributed by atoms with Crippen molar-refractivity contribution in [1.82, 2.24) is 14.9 Å². The number of rotatable bonds is 10. The number of piperazine rings is 1. The van der Waals surface area contributed by atoms with Crippen molar-refractivity contribution in [2.24, 2.45) is 0 Å². The summed E-state index contributed by atoms with van der Waals surface area (Å²) in [5, 5.41) is 9.95. The predicted octanol–water partition coefficient (Wildman–Crippen LogP) is 5.15. The molecule has 1 atom stereocenters. The van der Waals surface area contributed by atoms with Gasteiger partial charge in [0, 0.05) is 26.2 Å². The Kier molecular flexibility index (Phi) is 8.87. The van der Waals surface area contributed by atoms with Crippen LogP contribution >= 0.6 is 0 Å². The van der Waals surface area contributed by atoms with Crippen molar-refractivity contribution in [2.75, 3.05) is 37.7 Å². The molecule has 0 saturated carbocycles. The molecule has 7 nitrogen and oxygen atoms in total. The number of benzene rings is 2. The molecule has 1 fully saturated rings. The maximum atomic E-state index is 12.9. The van der Waals surface area contributed by atoms with Crippen molar-refractivity contribution in [3.8, 4) is 6.07 Å². The third-order valence-electron chi connectivity index (χ3n) is 6.35. The number of fused-ring (bicyclic) bond motifs is 1. The van der Waals surface area contributed by atoms with Crippen molar-refractivity contribution < 1.29 is 9.53 Å². The number of nitriles is 1. The van der Waals surface area contributed by atoms with Crippen molar-refractivity contribution >= 4 is 28.9 Å². The number of unbranched alkanes of at least 4 members (excludes halogenated alkanes) is 3. The minimum atomic E-state index is -1.11. The molecule has 1 aliphatic heterocycles. The zero-order valence-electron chi connectivity index (χ0n) is 20.8. The van der Waals surface area contributed by atoms with Gasteiger partial charge in [0.15, 0.2) is 11.7 Å². The molecular formula is C29H33N5O2. The van der Waals surface area contributed by atoms with E-state index < -0.39 is 11.9 Å². The van der Waals surface area contributed by atoms with Gasteiger partial charge in [-0.3, -0.25) is 4.79 Å². The molecule has 3 aromatic rings. The smallest absolute Gasteiger partial charge is 0.329 e. The highest BCUT2D eigenvalue weighted by molar-refractivity contribution is 5.85. The number of para-hydroxylation sites is 2. The van der Waals surface area contributed by atoms with E-state index in [1.54, 1.807) is 0 Å². The molecule has 2 heterocycles. The Morgan fingerprint density at radius 1 is 1.00 bits per heavy atom. The number of aromatic nitrogens is 2.